The van der Waals surface area contributed by atoms with Gasteiger partial charge in [-0.3, -0.25) is 0 Å². The van der Waals surface area contributed by atoms with Gasteiger partial charge in [0.15, 0.2) is 0 Å². The fraction of sp³-hybridized carbons (Fsp3) is 0.545. The van der Waals surface area contributed by atoms with Crippen molar-refractivity contribution < 1.29 is 0 Å². The zero-order valence-corrected chi connectivity index (χ0v) is 15.1. The Hall–Kier alpha value is -1.30. The van der Waals surface area contributed by atoms with E-state index in [2.05, 4.69) is 65.0 Å². The summed E-state index contributed by atoms with van der Waals surface area (Å²) >= 11 is 0. The molecular weight excluding hydrogens is 264 g/mol. The average Bonchev–Trinajstić information content (AvgIpc) is 2.99. The van der Waals surface area contributed by atoms with E-state index in [9.17, 15) is 0 Å². The number of aryl methyl sites for hydroxylation is 1. The van der Waals surface area contributed by atoms with E-state index >= 15 is 0 Å². The summed E-state index contributed by atoms with van der Waals surface area (Å²) in [5.74, 6) is 1.39. The topological polar surface area (TPSA) is 0 Å². The van der Waals surface area contributed by atoms with Gasteiger partial charge < -0.3 is 0 Å². The maximum Gasteiger partial charge on any atom is -0.00905 e. The van der Waals surface area contributed by atoms with Gasteiger partial charge in [-0.2, -0.15) is 0 Å². The smallest absolute Gasteiger partial charge is 0.00905 e. The highest BCUT2D eigenvalue weighted by Gasteiger charge is 2.23. The Labute approximate surface area is 137 Å². The van der Waals surface area contributed by atoms with Crippen molar-refractivity contribution >= 4 is 5.57 Å². The van der Waals surface area contributed by atoms with Crippen molar-refractivity contribution in [1.82, 2.24) is 0 Å². The fourth-order valence-corrected chi connectivity index (χ4v) is 3.32. The number of hydrogen-bond donors (Lipinski definition) is 0. The molecule has 1 aromatic carbocycles. The maximum atomic E-state index is 2.49. The highest BCUT2D eigenvalue weighted by atomic mass is 14.3. The van der Waals surface area contributed by atoms with Crippen LogP contribution in [0.1, 0.15) is 71.4 Å². The first-order chi connectivity index (χ1) is 10.6. The van der Waals surface area contributed by atoms with Crippen molar-refractivity contribution in [2.75, 3.05) is 0 Å². The van der Waals surface area contributed by atoms with Gasteiger partial charge in [0.2, 0.25) is 0 Å². The third-order valence-electron chi connectivity index (χ3n) is 5.33. The summed E-state index contributed by atoms with van der Waals surface area (Å²) in [5, 5.41) is 0. The molecular formula is C22H32. The van der Waals surface area contributed by atoms with E-state index in [-0.39, 0.29) is 0 Å². The summed E-state index contributed by atoms with van der Waals surface area (Å²) < 4.78 is 0. The van der Waals surface area contributed by atoms with Gasteiger partial charge in [0.25, 0.3) is 0 Å². The minimum absolute atomic E-state index is 0.683. The second-order valence-electron chi connectivity index (χ2n) is 6.90. The minimum Gasteiger partial charge on any atom is -0.0651 e. The molecule has 2 atom stereocenters. The van der Waals surface area contributed by atoms with Crippen LogP contribution in [0.2, 0.25) is 0 Å². The van der Waals surface area contributed by atoms with Crippen LogP contribution < -0.4 is 0 Å². The van der Waals surface area contributed by atoms with Crippen LogP contribution in [-0.2, 0) is 6.42 Å². The van der Waals surface area contributed by atoms with Crippen LogP contribution in [0.25, 0.3) is 5.57 Å². The summed E-state index contributed by atoms with van der Waals surface area (Å²) in [5.41, 5.74) is 7.66. The van der Waals surface area contributed by atoms with Crippen LogP contribution in [0.15, 0.2) is 41.5 Å². The molecule has 0 fully saturated rings. The van der Waals surface area contributed by atoms with Crippen LogP contribution in [0, 0.1) is 11.8 Å². The molecule has 0 amide bonds. The molecule has 0 radical (unpaired) electrons. The van der Waals surface area contributed by atoms with E-state index < -0.39 is 0 Å². The van der Waals surface area contributed by atoms with Gasteiger partial charge in [0.05, 0.1) is 0 Å². The Morgan fingerprint density at radius 2 is 1.55 bits per heavy atom. The van der Waals surface area contributed by atoms with Gasteiger partial charge in [-0.1, -0.05) is 82.5 Å². The van der Waals surface area contributed by atoms with Crippen LogP contribution in [0.4, 0.5) is 0 Å². The summed E-state index contributed by atoms with van der Waals surface area (Å²) in [6.45, 7) is 11.6. The fourth-order valence-electron chi connectivity index (χ4n) is 3.32. The van der Waals surface area contributed by atoms with Crippen molar-refractivity contribution in [3.63, 3.8) is 0 Å². The highest BCUT2D eigenvalue weighted by molar-refractivity contribution is 5.81. The summed E-state index contributed by atoms with van der Waals surface area (Å²) in [6.07, 6.45) is 8.56. The zero-order valence-electron chi connectivity index (χ0n) is 15.1. The first-order valence-electron chi connectivity index (χ1n) is 9.13. The molecule has 2 unspecified atom stereocenters. The lowest BCUT2D eigenvalue weighted by atomic mass is 9.89. The molecule has 0 aliphatic heterocycles. The Morgan fingerprint density at radius 1 is 0.909 bits per heavy atom. The van der Waals surface area contributed by atoms with Gasteiger partial charge in [0.1, 0.15) is 0 Å². The van der Waals surface area contributed by atoms with Gasteiger partial charge in [0, 0.05) is 0 Å². The molecule has 0 bridgehead atoms. The molecule has 0 nitrogen and oxygen atoms in total. The molecule has 0 heteroatoms. The molecule has 0 aromatic heterocycles. The normalized spacial score (nSPS) is 17.6. The molecule has 0 saturated heterocycles. The SMILES string of the molecule is CCCc1ccc(C2=C(C(C)CC)CC(C(C)CC)=C2)cc1. The first-order valence-corrected chi connectivity index (χ1v) is 9.13. The third-order valence-corrected chi connectivity index (χ3v) is 5.33. The second kappa shape index (κ2) is 7.81. The largest absolute Gasteiger partial charge is 0.0651 e. The molecule has 1 aromatic rings. The number of allylic oxidation sites excluding steroid dienone is 4. The predicted octanol–water partition coefficient (Wildman–Crippen LogP) is 6.82. The van der Waals surface area contributed by atoms with Crippen molar-refractivity contribution in [3.8, 4) is 0 Å². The van der Waals surface area contributed by atoms with Gasteiger partial charge in [-0.25, -0.2) is 0 Å². The molecule has 120 valence electrons. The molecule has 1 aliphatic carbocycles. The van der Waals surface area contributed by atoms with Gasteiger partial charge >= 0.3 is 0 Å². The van der Waals surface area contributed by atoms with Crippen LogP contribution in [0.3, 0.4) is 0 Å². The van der Waals surface area contributed by atoms with E-state index in [1.165, 1.54) is 48.8 Å². The summed E-state index contributed by atoms with van der Waals surface area (Å²) in [7, 11) is 0. The Morgan fingerprint density at radius 3 is 2.09 bits per heavy atom. The predicted molar refractivity (Wildman–Crippen MR) is 99.0 cm³/mol. The minimum atomic E-state index is 0.683. The number of rotatable bonds is 7. The standard InChI is InChI=1S/C22H32/c1-6-9-18-10-12-19(13-11-18)22-15-20(16(4)7-2)14-21(22)17(5)8-3/h10-13,15-17H,6-9,14H2,1-5H3. The lowest BCUT2D eigenvalue weighted by molar-refractivity contribution is 0.604. The van der Waals surface area contributed by atoms with Gasteiger partial charge in [-0.15, -0.1) is 0 Å². The van der Waals surface area contributed by atoms with E-state index in [1.54, 1.807) is 11.1 Å². The monoisotopic (exact) mass is 296 g/mol. The van der Waals surface area contributed by atoms with Crippen LogP contribution >= 0.6 is 0 Å². The molecule has 0 heterocycles. The van der Waals surface area contributed by atoms with Crippen molar-refractivity contribution in [2.24, 2.45) is 11.8 Å². The Kier molecular flexibility index (Phi) is 6.06. The molecule has 1 aliphatic rings. The summed E-state index contributed by atoms with van der Waals surface area (Å²) in [4.78, 5) is 0. The quantitative estimate of drug-likeness (QED) is 0.518. The number of hydrogen-bond acceptors (Lipinski definition) is 0. The summed E-state index contributed by atoms with van der Waals surface area (Å²) in [6, 6.07) is 9.29. The van der Waals surface area contributed by atoms with E-state index in [0.29, 0.717) is 11.8 Å². The van der Waals surface area contributed by atoms with Crippen molar-refractivity contribution in [2.45, 2.75) is 66.7 Å². The van der Waals surface area contributed by atoms with Crippen molar-refractivity contribution in [1.29, 1.82) is 0 Å². The van der Waals surface area contributed by atoms with Crippen LogP contribution in [0.5, 0.6) is 0 Å². The second-order valence-corrected chi connectivity index (χ2v) is 6.90. The average molecular weight is 296 g/mol. The van der Waals surface area contributed by atoms with Crippen LogP contribution in [-0.4, -0.2) is 0 Å². The van der Waals surface area contributed by atoms with Gasteiger partial charge in [-0.05, 0) is 54.2 Å². The third kappa shape index (κ3) is 3.72. The van der Waals surface area contributed by atoms with E-state index in [1.807, 2.05) is 0 Å². The maximum absolute atomic E-state index is 2.49. The number of benzene rings is 1. The molecule has 2 rings (SSSR count). The van der Waals surface area contributed by atoms with E-state index in [4.69, 9.17) is 0 Å². The first kappa shape index (κ1) is 17.1. The zero-order chi connectivity index (χ0) is 16.1. The Balaban J connectivity index is 2.34. The molecule has 0 spiro atoms. The lowest BCUT2D eigenvalue weighted by Gasteiger charge is -2.16. The lowest BCUT2D eigenvalue weighted by Crippen LogP contribution is -2.01. The highest BCUT2D eigenvalue weighted by Crippen LogP contribution is 2.40. The molecule has 22 heavy (non-hydrogen) atoms. The molecule has 0 saturated carbocycles. The van der Waals surface area contributed by atoms with E-state index in [0.717, 1.165) is 0 Å². The molecule has 0 N–H and O–H groups in total. The Bertz CT molecular complexity index is 542. The van der Waals surface area contributed by atoms with Crippen molar-refractivity contribution in [3.05, 3.63) is 52.6 Å².